The van der Waals surface area contributed by atoms with E-state index in [0.717, 1.165) is 16.8 Å². The maximum Gasteiger partial charge on any atom is 0.248 e. The molecule has 2 unspecified atom stereocenters. The van der Waals surface area contributed by atoms with Gasteiger partial charge in [-0.15, -0.1) is 6.58 Å². The van der Waals surface area contributed by atoms with Crippen molar-refractivity contribution in [3.8, 4) is 0 Å². The Balaban J connectivity index is 1.80. The summed E-state index contributed by atoms with van der Waals surface area (Å²) in [6.45, 7) is 13.7. The van der Waals surface area contributed by atoms with Gasteiger partial charge in [0.25, 0.3) is 0 Å². The lowest BCUT2D eigenvalue weighted by Gasteiger charge is -2.48. The fraction of sp³-hybridized carbons (Fsp3) is 0.545. The molecule has 41 heavy (non-hydrogen) atoms. The summed E-state index contributed by atoms with van der Waals surface area (Å²) in [6, 6.07) is 6.79. The van der Waals surface area contributed by atoms with Crippen LogP contribution in [0.3, 0.4) is 0 Å². The first-order valence-electron chi connectivity index (χ1n) is 14.7. The van der Waals surface area contributed by atoms with Gasteiger partial charge in [-0.2, -0.15) is 0 Å². The molecule has 0 bridgehead atoms. The highest BCUT2D eigenvalue weighted by atomic mass is 19.3. The number of hydrogen-bond acceptors (Lipinski definition) is 4. The predicted molar refractivity (Wildman–Crippen MR) is 159 cm³/mol. The third-order valence-electron chi connectivity index (χ3n) is 8.17. The van der Waals surface area contributed by atoms with Gasteiger partial charge in [0.1, 0.15) is 11.9 Å². The molecule has 2 aliphatic carbocycles. The number of carbonyl (C=O) groups excluding carboxylic acids is 1. The van der Waals surface area contributed by atoms with Crippen molar-refractivity contribution < 1.29 is 22.7 Å². The molecule has 0 spiro atoms. The van der Waals surface area contributed by atoms with Gasteiger partial charge >= 0.3 is 0 Å². The van der Waals surface area contributed by atoms with Gasteiger partial charge in [0.2, 0.25) is 11.8 Å². The summed E-state index contributed by atoms with van der Waals surface area (Å²) in [5.74, 6) is -3.45. The third-order valence-corrected chi connectivity index (χ3v) is 8.17. The van der Waals surface area contributed by atoms with Crippen molar-refractivity contribution in [2.45, 2.75) is 95.7 Å². The number of nitrogens with zero attached hydrogens (tertiary/aromatic N) is 2. The fourth-order valence-electron chi connectivity index (χ4n) is 5.80. The fourth-order valence-corrected chi connectivity index (χ4v) is 5.80. The first kappa shape index (κ1) is 31.1. The predicted octanol–water partition coefficient (Wildman–Crippen LogP) is 7.17. The van der Waals surface area contributed by atoms with Crippen LogP contribution in [0.25, 0.3) is 0 Å². The molecular formula is C33H44F3N3O2. The van der Waals surface area contributed by atoms with Gasteiger partial charge in [-0.3, -0.25) is 9.80 Å². The standard InChI is InChI=1S/C33H44F3N3O2/c1-6-7-29-22-41-19-18-38(29)39(28-12-10-25(11-13-28)32(3,4)5)30(24-9-8-23(2)20-26(34)21-24)31(40)37-27-14-16-33(35,36)17-15-27/h6,8,10-13,20-21,27,29-30H,1,7,9,14-19,22H2,2-5H3,(H,37,40). The average molecular weight is 572 g/mol. The van der Waals surface area contributed by atoms with Crippen molar-refractivity contribution in [2.24, 2.45) is 0 Å². The Kier molecular flexibility index (Phi) is 9.85. The number of anilines is 1. The number of benzene rings is 1. The second kappa shape index (κ2) is 13.0. The van der Waals surface area contributed by atoms with Crippen LogP contribution in [-0.4, -0.2) is 54.7 Å². The zero-order valence-electron chi connectivity index (χ0n) is 24.8. The van der Waals surface area contributed by atoms with Gasteiger partial charge < -0.3 is 10.1 Å². The normalized spacial score (nSPS) is 23.0. The zero-order valence-corrected chi connectivity index (χ0v) is 24.8. The summed E-state index contributed by atoms with van der Waals surface area (Å²) in [5, 5.41) is 7.19. The highest BCUT2D eigenvalue weighted by molar-refractivity contribution is 5.89. The highest BCUT2D eigenvalue weighted by Gasteiger charge is 2.40. The van der Waals surface area contributed by atoms with Crippen molar-refractivity contribution in [2.75, 3.05) is 24.8 Å². The lowest BCUT2D eigenvalue weighted by molar-refractivity contribution is -0.125. The molecule has 1 aromatic rings. The monoisotopic (exact) mass is 571 g/mol. The number of halogens is 3. The van der Waals surface area contributed by atoms with Crippen LogP contribution in [0.4, 0.5) is 18.9 Å². The topological polar surface area (TPSA) is 44.8 Å². The van der Waals surface area contributed by atoms with Crippen LogP contribution in [0, 0.1) is 0 Å². The number of amides is 1. The summed E-state index contributed by atoms with van der Waals surface area (Å²) >= 11 is 0. The second-order valence-electron chi connectivity index (χ2n) is 12.5. The van der Waals surface area contributed by atoms with Crippen molar-refractivity contribution in [3.63, 3.8) is 0 Å². The molecule has 3 aliphatic rings. The van der Waals surface area contributed by atoms with E-state index in [-0.39, 0.29) is 49.1 Å². The van der Waals surface area contributed by atoms with Crippen molar-refractivity contribution in [3.05, 3.63) is 77.7 Å². The van der Waals surface area contributed by atoms with Crippen molar-refractivity contribution in [1.29, 1.82) is 0 Å². The number of nitrogens with one attached hydrogen (secondary N) is 1. The summed E-state index contributed by atoms with van der Waals surface area (Å²) < 4.78 is 48.7. The summed E-state index contributed by atoms with van der Waals surface area (Å²) in [4.78, 5) is 14.3. The molecule has 224 valence electrons. The van der Waals surface area contributed by atoms with E-state index < -0.39 is 17.8 Å². The maximum atomic E-state index is 15.1. The van der Waals surface area contributed by atoms with Gasteiger partial charge in [0, 0.05) is 25.4 Å². The minimum atomic E-state index is -2.70. The van der Waals surface area contributed by atoms with E-state index in [0.29, 0.717) is 38.2 Å². The molecular weight excluding hydrogens is 527 g/mol. The van der Waals surface area contributed by atoms with E-state index >= 15 is 4.39 Å². The quantitative estimate of drug-likeness (QED) is 0.336. The number of hydrogen-bond donors (Lipinski definition) is 1. The zero-order chi connectivity index (χ0) is 29.8. The Labute approximate surface area is 242 Å². The Bertz CT molecular complexity index is 1170. The molecule has 2 fully saturated rings. The number of hydrazine groups is 1. The van der Waals surface area contributed by atoms with Crippen molar-refractivity contribution >= 4 is 11.6 Å². The van der Waals surface area contributed by atoms with E-state index in [1.807, 2.05) is 36.2 Å². The lowest BCUT2D eigenvalue weighted by Crippen LogP contribution is -2.62. The third kappa shape index (κ3) is 7.92. The Morgan fingerprint density at radius 1 is 1.22 bits per heavy atom. The molecule has 2 atom stereocenters. The van der Waals surface area contributed by atoms with E-state index in [1.165, 1.54) is 12.2 Å². The van der Waals surface area contributed by atoms with Crippen LogP contribution in [-0.2, 0) is 14.9 Å². The largest absolute Gasteiger partial charge is 0.378 e. The molecule has 1 amide bonds. The lowest BCUT2D eigenvalue weighted by atomic mass is 9.87. The Morgan fingerprint density at radius 2 is 1.90 bits per heavy atom. The smallest absolute Gasteiger partial charge is 0.248 e. The molecule has 0 aromatic heterocycles. The van der Waals surface area contributed by atoms with E-state index in [9.17, 15) is 13.6 Å². The summed E-state index contributed by atoms with van der Waals surface area (Å²) in [5.41, 5.74) is 3.25. The Hall–Kier alpha value is -2.84. The molecule has 1 saturated carbocycles. The van der Waals surface area contributed by atoms with E-state index in [4.69, 9.17) is 4.74 Å². The summed E-state index contributed by atoms with van der Waals surface area (Å²) in [6.07, 6.45) is 7.57. The molecule has 1 aromatic carbocycles. The number of ether oxygens (including phenoxy) is 1. The summed E-state index contributed by atoms with van der Waals surface area (Å²) in [7, 11) is 0. The number of alkyl halides is 2. The molecule has 1 N–H and O–H groups in total. The number of allylic oxidation sites excluding steroid dienone is 5. The van der Waals surface area contributed by atoms with Crippen LogP contribution >= 0.6 is 0 Å². The van der Waals surface area contributed by atoms with Gasteiger partial charge in [0.05, 0.1) is 24.9 Å². The Morgan fingerprint density at radius 3 is 2.54 bits per heavy atom. The molecule has 1 heterocycles. The molecule has 8 heteroatoms. The van der Waals surface area contributed by atoms with Gasteiger partial charge in [-0.1, -0.05) is 50.6 Å². The van der Waals surface area contributed by atoms with E-state index in [2.05, 4.69) is 49.8 Å². The van der Waals surface area contributed by atoms with Crippen LogP contribution < -0.4 is 10.3 Å². The molecule has 1 aliphatic heterocycles. The van der Waals surface area contributed by atoms with Gasteiger partial charge in [-0.05, 0) is 73.4 Å². The van der Waals surface area contributed by atoms with Crippen LogP contribution in [0.1, 0.15) is 71.8 Å². The highest BCUT2D eigenvalue weighted by Crippen LogP contribution is 2.35. The number of carbonyl (C=O) groups is 1. The van der Waals surface area contributed by atoms with E-state index in [1.54, 1.807) is 0 Å². The van der Waals surface area contributed by atoms with Crippen LogP contribution in [0.5, 0.6) is 0 Å². The molecule has 0 radical (unpaired) electrons. The van der Waals surface area contributed by atoms with Crippen molar-refractivity contribution in [1.82, 2.24) is 10.3 Å². The maximum absolute atomic E-state index is 15.1. The second-order valence-corrected chi connectivity index (χ2v) is 12.5. The molecule has 5 nitrogen and oxygen atoms in total. The van der Waals surface area contributed by atoms with Gasteiger partial charge in [0.15, 0.2) is 0 Å². The molecule has 1 saturated heterocycles. The SMILES string of the molecule is C=CCC1COCCN1N(c1ccc(C(C)(C)C)cc1)C(C(=O)NC1CCC(F)(F)CC1)C1=CC(F)=CC(C)=CC1. The number of rotatable bonds is 8. The average Bonchev–Trinajstić information content (AvgIpc) is 3.08. The minimum Gasteiger partial charge on any atom is -0.378 e. The van der Waals surface area contributed by atoms with Crippen LogP contribution in [0.15, 0.2) is 72.1 Å². The number of morpholine rings is 1. The first-order valence-corrected chi connectivity index (χ1v) is 14.7. The van der Waals surface area contributed by atoms with Crippen LogP contribution in [0.2, 0.25) is 0 Å². The first-order chi connectivity index (χ1) is 19.4. The van der Waals surface area contributed by atoms with Gasteiger partial charge in [-0.25, -0.2) is 18.2 Å². The molecule has 4 rings (SSSR count). The minimum absolute atomic E-state index is 0.0619.